The Bertz CT molecular complexity index is 1220. The first-order chi connectivity index (χ1) is 17.0. The second-order valence-corrected chi connectivity index (χ2v) is 8.05. The van der Waals surface area contributed by atoms with E-state index in [1.807, 2.05) is 18.2 Å². The maximum atomic E-state index is 13.4. The first kappa shape index (κ1) is 23.9. The van der Waals surface area contributed by atoms with E-state index in [4.69, 9.17) is 18.9 Å². The van der Waals surface area contributed by atoms with Crippen LogP contribution in [0.25, 0.3) is 0 Å². The summed E-state index contributed by atoms with van der Waals surface area (Å²) in [5.41, 5.74) is 2.86. The minimum atomic E-state index is -0.575. The van der Waals surface area contributed by atoms with Crippen LogP contribution in [0.1, 0.15) is 33.9 Å². The van der Waals surface area contributed by atoms with Crippen LogP contribution >= 0.6 is 0 Å². The van der Waals surface area contributed by atoms with E-state index in [9.17, 15) is 9.59 Å². The first-order valence-corrected chi connectivity index (χ1v) is 11.1. The van der Waals surface area contributed by atoms with Crippen molar-refractivity contribution in [1.29, 1.82) is 0 Å². The van der Waals surface area contributed by atoms with Crippen molar-refractivity contribution in [3.05, 3.63) is 77.4 Å². The van der Waals surface area contributed by atoms with E-state index >= 15 is 0 Å². The van der Waals surface area contributed by atoms with Crippen molar-refractivity contribution in [2.24, 2.45) is 0 Å². The molecule has 0 fully saturated rings. The number of benzene rings is 3. The molecule has 3 aromatic rings. The smallest absolute Gasteiger partial charge is 0.255 e. The van der Waals surface area contributed by atoms with Gasteiger partial charge >= 0.3 is 0 Å². The number of amides is 2. The van der Waals surface area contributed by atoms with Crippen LogP contribution in [0.4, 0.5) is 5.69 Å². The van der Waals surface area contributed by atoms with E-state index in [-0.39, 0.29) is 18.2 Å². The van der Waals surface area contributed by atoms with Gasteiger partial charge in [-0.15, -0.1) is 0 Å². The van der Waals surface area contributed by atoms with E-state index in [1.165, 1.54) is 21.3 Å². The van der Waals surface area contributed by atoms with Gasteiger partial charge in [0, 0.05) is 23.9 Å². The molecule has 8 nitrogen and oxygen atoms in total. The van der Waals surface area contributed by atoms with Crippen LogP contribution in [-0.4, -0.2) is 45.2 Å². The van der Waals surface area contributed by atoms with Gasteiger partial charge in [0.25, 0.3) is 5.91 Å². The van der Waals surface area contributed by atoms with E-state index in [0.717, 1.165) is 5.56 Å². The zero-order chi connectivity index (χ0) is 24.9. The van der Waals surface area contributed by atoms with Crippen LogP contribution < -0.4 is 24.3 Å². The molecule has 0 aromatic heterocycles. The number of nitrogens with zero attached hydrogens (tertiary/aromatic N) is 1. The average molecular weight is 477 g/mol. The Kier molecular flexibility index (Phi) is 7.10. The molecule has 1 unspecified atom stereocenters. The Labute approximate surface area is 204 Å². The molecule has 35 heavy (non-hydrogen) atoms. The molecular weight excluding hydrogens is 448 g/mol. The molecule has 0 radical (unpaired) electrons. The number of ether oxygens (including phenoxy) is 4. The third-order valence-electron chi connectivity index (χ3n) is 6.03. The molecule has 8 heteroatoms. The van der Waals surface area contributed by atoms with Gasteiger partial charge in [-0.2, -0.15) is 0 Å². The normalized spacial score (nSPS) is 13.1. The number of hydrogen-bond donors (Lipinski definition) is 1. The zero-order valence-corrected chi connectivity index (χ0v) is 20.2. The monoisotopic (exact) mass is 476 g/mol. The Morgan fingerprint density at radius 1 is 0.914 bits per heavy atom. The molecule has 1 aliphatic heterocycles. The van der Waals surface area contributed by atoms with Crippen molar-refractivity contribution in [1.82, 2.24) is 4.90 Å². The number of hydrogen-bond acceptors (Lipinski definition) is 6. The molecule has 4 rings (SSSR count). The summed E-state index contributed by atoms with van der Waals surface area (Å²) in [6, 6.07) is 17.6. The summed E-state index contributed by atoms with van der Waals surface area (Å²) in [7, 11) is 6.16. The lowest BCUT2D eigenvalue weighted by Gasteiger charge is -2.29. The van der Waals surface area contributed by atoms with Gasteiger partial charge in [-0.3, -0.25) is 9.59 Å². The van der Waals surface area contributed by atoms with Crippen molar-refractivity contribution in [2.75, 3.05) is 33.8 Å². The minimum Gasteiger partial charge on any atom is -0.497 e. The fourth-order valence-corrected chi connectivity index (χ4v) is 4.32. The van der Waals surface area contributed by atoms with Gasteiger partial charge in [0.15, 0.2) is 11.5 Å². The lowest BCUT2D eigenvalue weighted by Crippen LogP contribution is -2.32. The standard InChI is InChI=1S/C27H28N2O6/c1-32-20-10-7-9-19(14-20)28-25(30)15-22(29-16-17-8-5-6-11-21(17)27(29)31)18-12-23(33-2)26(35-4)24(13-18)34-3/h5-14,22H,15-16H2,1-4H3,(H,28,30). The minimum absolute atomic E-state index is 0.0234. The third kappa shape index (κ3) is 4.87. The molecule has 2 amide bonds. The summed E-state index contributed by atoms with van der Waals surface area (Å²) in [4.78, 5) is 28.2. The topological polar surface area (TPSA) is 86.3 Å². The van der Waals surface area contributed by atoms with Crippen LogP contribution in [0.3, 0.4) is 0 Å². The molecule has 182 valence electrons. The highest BCUT2D eigenvalue weighted by Crippen LogP contribution is 2.43. The quantitative estimate of drug-likeness (QED) is 0.491. The molecule has 1 atom stereocenters. The molecule has 0 aliphatic carbocycles. The Balaban J connectivity index is 1.70. The molecule has 0 saturated heterocycles. The van der Waals surface area contributed by atoms with Crippen molar-refractivity contribution >= 4 is 17.5 Å². The van der Waals surface area contributed by atoms with Gasteiger partial charge in [0.05, 0.1) is 40.9 Å². The Morgan fingerprint density at radius 2 is 1.63 bits per heavy atom. The van der Waals surface area contributed by atoms with Crippen molar-refractivity contribution in [2.45, 2.75) is 19.0 Å². The summed E-state index contributed by atoms with van der Waals surface area (Å²) >= 11 is 0. The van der Waals surface area contributed by atoms with E-state index in [0.29, 0.717) is 46.4 Å². The van der Waals surface area contributed by atoms with Gasteiger partial charge in [-0.25, -0.2) is 0 Å². The van der Waals surface area contributed by atoms with Gasteiger partial charge in [0.2, 0.25) is 11.7 Å². The first-order valence-electron chi connectivity index (χ1n) is 11.1. The second-order valence-electron chi connectivity index (χ2n) is 8.05. The van der Waals surface area contributed by atoms with Crippen molar-refractivity contribution in [3.8, 4) is 23.0 Å². The third-order valence-corrected chi connectivity index (χ3v) is 6.03. The van der Waals surface area contributed by atoms with Gasteiger partial charge in [0.1, 0.15) is 5.75 Å². The van der Waals surface area contributed by atoms with Gasteiger partial charge < -0.3 is 29.2 Å². The summed E-state index contributed by atoms with van der Waals surface area (Å²) in [5.74, 6) is 1.59. The Morgan fingerprint density at radius 3 is 2.26 bits per heavy atom. The van der Waals surface area contributed by atoms with Gasteiger partial charge in [-0.05, 0) is 41.5 Å². The second kappa shape index (κ2) is 10.4. The average Bonchev–Trinajstić information content (AvgIpc) is 3.22. The molecule has 0 saturated carbocycles. The number of nitrogens with one attached hydrogen (secondary N) is 1. The van der Waals surface area contributed by atoms with Crippen LogP contribution in [-0.2, 0) is 11.3 Å². The lowest BCUT2D eigenvalue weighted by atomic mass is 10.00. The van der Waals surface area contributed by atoms with Crippen LogP contribution in [0.2, 0.25) is 0 Å². The number of carbonyl (C=O) groups excluding carboxylic acids is 2. The fraction of sp³-hybridized carbons (Fsp3) is 0.259. The molecule has 0 bridgehead atoms. The van der Waals surface area contributed by atoms with E-state index in [1.54, 1.807) is 54.5 Å². The highest BCUT2D eigenvalue weighted by Gasteiger charge is 2.35. The molecule has 1 heterocycles. The molecular formula is C27H28N2O6. The summed E-state index contributed by atoms with van der Waals surface area (Å²) in [6.45, 7) is 0.392. The summed E-state index contributed by atoms with van der Waals surface area (Å²) in [6.07, 6.45) is 0.0234. The van der Waals surface area contributed by atoms with Crippen molar-refractivity contribution in [3.63, 3.8) is 0 Å². The van der Waals surface area contributed by atoms with E-state index < -0.39 is 6.04 Å². The largest absolute Gasteiger partial charge is 0.497 e. The maximum Gasteiger partial charge on any atom is 0.255 e. The molecule has 0 spiro atoms. The lowest BCUT2D eigenvalue weighted by molar-refractivity contribution is -0.117. The predicted molar refractivity (Wildman–Crippen MR) is 131 cm³/mol. The highest BCUT2D eigenvalue weighted by molar-refractivity contribution is 5.99. The fourth-order valence-electron chi connectivity index (χ4n) is 4.32. The summed E-state index contributed by atoms with van der Waals surface area (Å²) < 4.78 is 21.7. The number of rotatable bonds is 9. The molecule has 1 aliphatic rings. The van der Waals surface area contributed by atoms with Crippen LogP contribution in [0, 0.1) is 0 Å². The maximum absolute atomic E-state index is 13.4. The Hall–Kier alpha value is -4.20. The SMILES string of the molecule is COc1cccc(NC(=O)CC(c2cc(OC)c(OC)c(OC)c2)N2Cc3ccccc3C2=O)c1. The number of fused-ring (bicyclic) bond motifs is 1. The highest BCUT2D eigenvalue weighted by atomic mass is 16.5. The van der Waals surface area contributed by atoms with Crippen LogP contribution in [0.5, 0.6) is 23.0 Å². The number of carbonyl (C=O) groups is 2. The molecule has 3 aromatic carbocycles. The predicted octanol–water partition coefficient (Wildman–Crippen LogP) is 4.45. The van der Waals surface area contributed by atoms with Crippen LogP contribution in [0.15, 0.2) is 60.7 Å². The summed E-state index contributed by atoms with van der Waals surface area (Å²) in [5, 5.41) is 2.91. The van der Waals surface area contributed by atoms with Crippen molar-refractivity contribution < 1.29 is 28.5 Å². The molecule has 1 N–H and O–H groups in total. The zero-order valence-electron chi connectivity index (χ0n) is 20.2. The number of anilines is 1. The number of methoxy groups -OCH3 is 4. The van der Waals surface area contributed by atoms with Gasteiger partial charge in [-0.1, -0.05) is 24.3 Å². The van der Waals surface area contributed by atoms with E-state index in [2.05, 4.69) is 5.32 Å².